The van der Waals surface area contributed by atoms with Crippen LogP contribution in [0.25, 0.3) is 11.3 Å². The van der Waals surface area contributed by atoms with E-state index >= 15 is 0 Å². The first-order valence-electron chi connectivity index (χ1n) is 7.89. The topological polar surface area (TPSA) is 59.1 Å². The Morgan fingerprint density at radius 1 is 1.00 bits per heavy atom. The number of nitrogens with zero attached hydrogens (tertiary/aromatic N) is 1. The first-order chi connectivity index (χ1) is 11.9. The summed E-state index contributed by atoms with van der Waals surface area (Å²) in [6, 6.07) is 12.8. The summed E-state index contributed by atoms with van der Waals surface area (Å²) < 4.78 is 0. The van der Waals surface area contributed by atoms with Crippen LogP contribution in [-0.2, 0) is 0 Å². The normalized spacial score (nSPS) is 10.5. The molecular weight excluding hydrogens is 332 g/mol. The summed E-state index contributed by atoms with van der Waals surface area (Å²) in [5.74, 6) is -0.262. The number of aromatic nitrogens is 1. The third-order valence-electron chi connectivity index (χ3n) is 3.95. The molecule has 1 amide bonds. The summed E-state index contributed by atoms with van der Waals surface area (Å²) in [5.41, 5.74) is 5.32. The number of hydrogen-bond donors (Lipinski definition) is 1. The van der Waals surface area contributed by atoms with E-state index in [2.05, 4.69) is 28.5 Å². The van der Waals surface area contributed by atoms with Crippen molar-refractivity contribution in [1.29, 1.82) is 0 Å². The number of amides is 1. The standard InChI is InChI=1S/C20H18N2O2S/c1-12-4-5-13(2)17(10-12)18-11-25-20(21-18)22-19(24)16-8-6-15(7-9-16)14(3)23/h4-11H,1-3H3,(H,21,22,24). The Balaban J connectivity index is 1.78. The van der Waals surface area contributed by atoms with Gasteiger partial charge in [-0.1, -0.05) is 29.8 Å². The molecule has 0 spiro atoms. The molecule has 4 nitrogen and oxygen atoms in total. The van der Waals surface area contributed by atoms with Gasteiger partial charge in [0.15, 0.2) is 10.9 Å². The fourth-order valence-electron chi connectivity index (χ4n) is 2.49. The molecule has 1 aromatic heterocycles. The van der Waals surface area contributed by atoms with Gasteiger partial charge >= 0.3 is 0 Å². The van der Waals surface area contributed by atoms with Gasteiger partial charge in [-0.05, 0) is 44.5 Å². The number of carbonyl (C=O) groups excluding carboxylic acids is 2. The maximum atomic E-state index is 12.3. The SMILES string of the molecule is CC(=O)c1ccc(C(=O)Nc2nc(-c3cc(C)ccc3C)cs2)cc1. The minimum atomic E-state index is -0.239. The molecular formula is C20H18N2O2S. The van der Waals surface area contributed by atoms with Crippen molar-refractivity contribution >= 4 is 28.2 Å². The summed E-state index contributed by atoms with van der Waals surface area (Å²) in [7, 11) is 0. The Bertz CT molecular complexity index is 943. The smallest absolute Gasteiger partial charge is 0.257 e. The van der Waals surface area contributed by atoms with Crippen molar-refractivity contribution in [2.75, 3.05) is 5.32 Å². The Morgan fingerprint density at radius 3 is 2.36 bits per heavy atom. The van der Waals surface area contributed by atoms with Gasteiger partial charge in [-0.3, -0.25) is 14.9 Å². The molecule has 1 heterocycles. The van der Waals surface area contributed by atoms with Crippen molar-refractivity contribution in [1.82, 2.24) is 4.98 Å². The van der Waals surface area contributed by atoms with E-state index in [1.165, 1.54) is 23.8 Å². The van der Waals surface area contributed by atoms with E-state index < -0.39 is 0 Å². The van der Waals surface area contributed by atoms with Crippen LogP contribution >= 0.6 is 11.3 Å². The third kappa shape index (κ3) is 3.83. The maximum Gasteiger partial charge on any atom is 0.257 e. The van der Waals surface area contributed by atoms with E-state index in [9.17, 15) is 9.59 Å². The number of ketones is 1. The molecule has 0 atom stereocenters. The van der Waals surface area contributed by atoms with Crippen LogP contribution < -0.4 is 5.32 Å². The van der Waals surface area contributed by atoms with E-state index in [1.54, 1.807) is 24.3 Å². The van der Waals surface area contributed by atoms with Gasteiger partial charge in [-0.15, -0.1) is 11.3 Å². The highest BCUT2D eigenvalue weighted by atomic mass is 32.1. The maximum absolute atomic E-state index is 12.3. The number of thiazole rings is 1. The number of anilines is 1. The fourth-order valence-corrected chi connectivity index (χ4v) is 3.20. The highest BCUT2D eigenvalue weighted by Gasteiger charge is 2.12. The summed E-state index contributed by atoms with van der Waals surface area (Å²) in [6.07, 6.45) is 0. The molecule has 0 bridgehead atoms. The van der Waals surface area contributed by atoms with Crippen molar-refractivity contribution in [3.8, 4) is 11.3 Å². The van der Waals surface area contributed by atoms with Crippen molar-refractivity contribution in [3.63, 3.8) is 0 Å². The van der Waals surface area contributed by atoms with Gasteiger partial charge < -0.3 is 0 Å². The molecule has 0 radical (unpaired) electrons. The first kappa shape index (κ1) is 17.0. The van der Waals surface area contributed by atoms with Crippen molar-refractivity contribution in [3.05, 3.63) is 70.1 Å². The summed E-state index contributed by atoms with van der Waals surface area (Å²) in [5, 5.41) is 5.31. The van der Waals surface area contributed by atoms with Gasteiger partial charge in [0.25, 0.3) is 5.91 Å². The molecule has 0 saturated heterocycles. The van der Waals surface area contributed by atoms with Crippen LogP contribution in [0, 0.1) is 13.8 Å². The highest BCUT2D eigenvalue weighted by molar-refractivity contribution is 7.14. The second-order valence-corrected chi connectivity index (χ2v) is 6.80. The number of hydrogen-bond acceptors (Lipinski definition) is 4. The van der Waals surface area contributed by atoms with Crippen LogP contribution in [0.2, 0.25) is 0 Å². The van der Waals surface area contributed by atoms with Crippen LogP contribution in [-0.4, -0.2) is 16.7 Å². The lowest BCUT2D eigenvalue weighted by molar-refractivity contribution is 0.100. The lowest BCUT2D eigenvalue weighted by atomic mass is 10.0. The second-order valence-electron chi connectivity index (χ2n) is 5.94. The van der Waals surface area contributed by atoms with E-state index in [-0.39, 0.29) is 11.7 Å². The van der Waals surface area contributed by atoms with Crippen LogP contribution in [0.5, 0.6) is 0 Å². The van der Waals surface area contributed by atoms with Crippen molar-refractivity contribution in [2.45, 2.75) is 20.8 Å². The summed E-state index contributed by atoms with van der Waals surface area (Å²) in [4.78, 5) is 28.2. The lowest BCUT2D eigenvalue weighted by Crippen LogP contribution is -2.11. The number of carbonyl (C=O) groups is 2. The number of aryl methyl sites for hydroxylation is 2. The molecule has 25 heavy (non-hydrogen) atoms. The van der Waals surface area contributed by atoms with Gasteiger partial charge in [-0.25, -0.2) is 4.98 Å². The van der Waals surface area contributed by atoms with E-state index in [4.69, 9.17) is 0 Å². The molecule has 0 aliphatic carbocycles. The van der Waals surface area contributed by atoms with Crippen LogP contribution in [0.15, 0.2) is 47.8 Å². The Hall–Kier alpha value is -2.79. The van der Waals surface area contributed by atoms with Crippen LogP contribution in [0.3, 0.4) is 0 Å². The van der Waals surface area contributed by atoms with Gasteiger partial charge in [0, 0.05) is 22.1 Å². The quantitative estimate of drug-likeness (QED) is 0.682. The number of rotatable bonds is 4. The zero-order chi connectivity index (χ0) is 18.0. The predicted molar refractivity (Wildman–Crippen MR) is 101 cm³/mol. The third-order valence-corrected chi connectivity index (χ3v) is 4.71. The molecule has 1 N–H and O–H groups in total. The molecule has 0 aliphatic rings. The minimum absolute atomic E-state index is 0.0231. The average molecular weight is 350 g/mol. The average Bonchev–Trinajstić information content (AvgIpc) is 3.05. The number of benzene rings is 2. The molecule has 3 rings (SSSR count). The first-order valence-corrected chi connectivity index (χ1v) is 8.77. The predicted octanol–water partition coefficient (Wildman–Crippen LogP) is 4.88. The monoisotopic (exact) mass is 350 g/mol. The Kier molecular flexibility index (Phi) is 4.76. The van der Waals surface area contributed by atoms with E-state index in [0.717, 1.165) is 16.8 Å². The molecule has 3 aromatic rings. The molecule has 0 saturated carbocycles. The number of nitrogens with one attached hydrogen (secondary N) is 1. The van der Waals surface area contributed by atoms with Gasteiger partial charge in [0.1, 0.15) is 0 Å². The van der Waals surface area contributed by atoms with E-state index in [0.29, 0.717) is 16.3 Å². The van der Waals surface area contributed by atoms with Crippen molar-refractivity contribution in [2.24, 2.45) is 0 Å². The zero-order valence-electron chi connectivity index (χ0n) is 14.3. The van der Waals surface area contributed by atoms with Crippen LogP contribution in [0.4, 0.5) is 5.13 Å². The molecule has 2 aromatic carbocycles. The van der Waals surface area contributed by atoms with Gasteiger partial charge in [0.2, 0.25) is 0 Å². The van der Waals surface area contributed by atoms with Gasteiger partial charge in [-0.2, -0.15) is 0 Å². The zero-order valence-corrected chi connectivity index (χ0v) is 15.1. The Morgan fingerprint density at radius 2 is 1.68 bits per heavy atom. The van der Waals surface area contributed by atoms with E-state index in [1.807, 2.05) is 19.2 Å². The molecule has 126 valence electrons. The van der Waals surface area contributed by atoms with Gasteiger partial charge in [0.05, 0.1) is 5.69 Å². The lowest BCUT2D eigenvalue weighted by Gasteiger charge is -2.04. The molecule has 5 heteroatoms. The largest absolute Gasteiger partial charge is 0.298 e. The summed E-state index contributed by atoms with van der Waals surface area (Å²) >= 11 is 1.39. The minimum Gasteiger partial charge on any atom is -0.298 e. The molecule has 0 unspecified atom stereocenters. The molecule has 0 aliphatic heterocycles. The Labute approximate surface area is 150 Å². The molecule has 0 fully saturated rings. The van der Waals surface area contributed by atoms with Crippen LogP contribution in [0.1, 0.15) is 38.8 Å². The number of Topliss-reactive ketones (excluding diaryl/α,β-unsaturated/α-hetero) is 1. The summed E-state index contributed by atoms with van der Waals surface area (Å²) in [6.45, 7) is 5.59. The fraction of sp³-hybridized carbons (Fsp3) is 0.150. The second kappa shape index (κ2) is 6.99. The highest BCUT2D eigenvalue weighted by Crippen LogP contribution is 2.28. The van der Waals surface area contributed by atoms with Crippen molar-refractivity contribution < 1.29 is 9.59 Å².